The number of hydrazine groups is 1. The van der Waals surface area contributed by atoms with E-state index in [0.29, 0.717) is 10.8 Å². The van der Waals surface area contributed by atoms with Crippen LogP contribution in [-0.2, 0) is 16.0 Å². The summed E-state index contributed by atoms with van der Waals surface area (Å²) in [5.41, 5.74) is 6.87. The highest BCUT2D eigenvalue weighted by Gasteiger charge is 2.35. The van der Waals surface area contributed by atoms with Crippen LogP contribution in [0.3, 0.4) is 0 Å². The lowest BCUT2D eigenvalue weighted by Gasteiger charge is -2.17. The van der Waals surface area contributed by atoms with Crippen molar-refractivity contribution in [1.29, 1.82) is 0 Å². The van der Waals surface area contributed by atoms with Gasteiger partial charge in [0.15, 0.2) is 0 Å². The van der Waals surface area contributed by atoms with Crippen molar-refractivity contribution in [2.75, 3.05) is 18.6 Å². The summed E-state index contributed by atoms with van der Waals surface area (Å²) in [5, 5.41) is 0.369. The van der Waals surface area contributed by atoms with Crippen LogP contribution in [0.2, 0.25) is 5.02 Å². The Bertz CT molecular complexity index is 930. The molecule has 1 atom stereocenters. The molecule has 2 N–H and O–H groups in total. The molecular weight excluding hydrogens is 394 g/mol. The molecule has 8 heteroatoms. The van der Waals surface area contributed by atoms with Gasteiger partial charge < -0.3 is 9.64 Å². The minimum absolute atomic E-state index is 0.0811. The molecule has 1 fully saturated rings. The van der Waals surface area contributed by atoms with E-state index >= 15 is 0 Å². The SMILES string of the molecule is CCc1ccc(N2C[C@@H](C(=O)NNC(=O)c3cc(Cl)ccc3OC)CC2=O)cc1. The van der Waals surface area contributed by atoms with Gasteiger partial charge in [0.25, 0.3) is 5.91 Å². The monoisotopic (exact) mass is 415 g/mol. The number of carbonyl (C=O) groups is 3. The lowest BCUT2D eigenvalue weighted by atomic mass is 10.1. The lowest BCUT2D eigenvalue weighted by molar-refractivity contribution is -0.126. The molecule has 3 rings (SSSR count). The maximum atomic E-state index is 12.5. The molecule has 0 aromatic heterocycles. The number of amides is 3. The average Bonchev–Trinajstić information content (AvgIpc) is 3.13. The number of rotatable bonds is 5. The van der Waals surface area contributed by atoms with Crippen LogP contribution < -0.4 is 20.5 Å². The minimum Gasteiger partial charge on any atom is -0.496 e. The highest BCUT2D eigenvalue weighted by molar-refractivity contribution is 6.31. The van der Waals surface area contributed by atoms with Crippen molar-refractivity contribution in [3.63, 3.8) is 0 Å². The molecule has 7 nitrogen and oxygen atoms in total. The van der Waals surface area contributed by atoms with Gasteiger partial charge in [-0.15, -0.1) is 0 Å². The summed E-state index contributed by atoms with van der Waals surface area (Å²) >= 11 is 5.93. The Morgan fingerprint density at radius 2 is 1.90 bits per heavy atom. The number of hydrogen-bond donors (Lipinski definition) is 2. The van der Waals surface area contributed by atoms with Gasteiger partial charge in [0, 0.05) is 23.7 Å². The molecule has 2 aromatic carbocycles. The van der Waals surface area contributed by atoms with Gasteiger partial charge in [0.1, 0.15) is 5.75 Å². The first kappa shape index (κ1) is 20.7. The van der Waals surface area contributed by atoms with E-state index in [2.05, 4.69) is 17.8 Å². The standard InChI is InChI=1S/C21H22ClN3O4/c1-3-13-4-7-16(8-5-13)25-12-14(10-19(25)26)20(27)23-24-21(28)17-11-15(22)6-9-18(17)29-2/h4-9,11,14H,3,10,12H2,1-2H3,(H,23,27)(H,24,28)/t14-/m0/s1. The van der Waals surface area contributed by atoms with Crippen LogP contribution in [-0.4, -0.2) is 31.4 Å². The smallest absolute Gasteiger partial charge is 0.273 e. The number of aryl methyl sites for hydroxylation is 1. The zero-order chi connectivity index (χ0) is 21.0. The highest BCUT2D eigenvalue weighted by Crippen LogP contribution is 2.26. The van der Waals surface area contributed by atoms with E-state index in [1.807, 2.05) is 24.3 Å². The number of benzene rings is 2. The van der Waals surface area contributed by atoms with Gasteiger partial charge in [-0.3, -0.25) is 25.2 Å². The van der Waals surface area contributed by atoms with Gasteiger partial charge in [-0.2, -0.15) is 0 Å². The molecule has 1 heterocycles. The van der Waals surface area contributed by atoms with Gasteiger partial charge in [-0.25, -0.2) is 0 Å². The van der Waals surface area contributed by atoms with Gasteiger partial charge in [0.2, 0.25) is 11.8 Å². The van der Waals surface area contributed by atoms with Crippen molar-refractivity contribution >= 4 is 35.0 Å². The highest BCUT2D eigenvalue weighted by atomic mass is 35.5. The Hall–Kier alpha value is -3.06. The normalized spacial score (nSPS) is 15.9. The van der Waals surface area contributed by atoms with E-state index in [4.69, 9.17) is 16.3 Å². The first-order valence-electron chi connectivity index (χ1n) is 9.26. The van der Waals surface area contributed by atoms with Crippen LogP contribution in [0.15, 0.2) is 42.5 Å². The van der Waals surface area contributed by atoms with Crippen LogP contribution in [0.4, 0.5) is 5.69 Å². The molecule has 1 aliphatic rings. The molecule has 0 aliphatic carbocycles. The second kappa shape index (κ2) is 8.96. The Morgan fingerprint density at radius 1 is 1.17 bits per heavy atom. The van der Waals surface area contributed by atoms with Gasteiger partial charge in [-0.1, -0.05) is 30.7 Å². The predicted molar refractivity (Wildman–Crippen MR) is 110 cm³/mol. The minimum atomic E-state index is -0.561. The number of methoxy groups -OCH3 is 1. The molecule has 0 radical (unpaired) electrons. The Kier molecular flexibility index (Phi) is 6.39. The summed E-state index contributed by atoms with van der Waals surface area (Å²) in [6.07, 6.45) is 0.994. The number of ether oxygens (including phenoxy) is 1. The molecule has 0 unspecified atom stereocenters. The summed E-state index contributed by atoms with van der Waals surface area (Å²) in [6, 6.07) is 12.3. The number of halogens is 1. The maximum absolute atomic E-state index is 12.5. The van der Waals surface area contributed by atoms with Crippen molar-refractivity contribution in [2.45, 2.75) is 19.8 Å². The van der Waals surface area contributed by atoms with E-state index in [1.165, 1.54) is 18.7 Å². The molecule has 2 aromatic rings. The number of carbonyl (C=O) groups excluding carboxylic acids is 3. The van der Waals surface area contributed by atoms with Crippen molar-refractivity contribution in [2.24, 2.45) is 5.92 Å². The third kappa shape index (κ3) is 4.68. The maximum Gasteiger partial charge on any atom is 0.273 e. The van der Waals surface area contributed by atoms with Crippen molar-refractivity contribution in [3.8, 4) is 5.75 Å². The van der Waals surface area contributed by atoms with E-state index in [1.54, 1.807) is 17.0 Å². The fourth-order valence-corrected chi connectivity index (χ4v) is 3.36. The Balaban J connectivity index is 1.61. The van der Waals surface area contributed by atoms with E-state index < -0.39 is 17.7 Å². The fourth-order valence-electron chi connectivity index (χ4n) is 3.19. The predicted octanol–water partition coefficient (Wildman–Crippen LogP) is 2.73. The van der Waals surface area contributed by atoms with E-state index in [9.17, 15) is 14.4 Å². The molecule has 1 aliphatic heterocycles. The molecule has 0 bridgehead atoms. The van der Waals surface area contributed by atoms with Crippen molar-refractivity contribution in [3.05, 3.63) is 58.6 Å². The van der Waals surface area contributed by atoms with E-state index in [-0.39, 0.29) is 24.4 Å². The van der Waals surface area contributed by atoms with Crippen LogP contribution >= 0.6 is 11.6 Å². The van der Waals surface area contributed by atoms with Crippen LogP contribution in [0.1, 0.15) is 29.3 Å². The summed E-state index contributed by atoms with van der Waals surface area (Å²) in [6.45, 7) is 2.32. The third-order valence-corrected chi connectivity index (χ3v) is 5.09. The fraction of sp³-hybridized carbons (Fsp3) is 0.286. The second-order valence-corrected chi connectivity index (χ2v) is 7.15. The molecule has 0 spiro atoms. The third-order valence-electron chi connectivity index (χ3n) is 4.86. The second-order valence-electron chi connectivity index (χ2n) is 6.71. The Labute approximate surface area is 173 Å². The summed E-state index contributed by atoms with van der Waals surface area (Å²) < 4.78 is 5.14. The van der Waals surface area contributed by atoms with Crippen LogP contribution in [0.25, 0.3) is 0 Å². The summed E-state index contributed by atoms with van der Waals surface area (Å²) in [7, 11) is 1.43. The first-order valence-corrected chi connectivity index (χ1v) is 9.63. The first-order chi connectivity index (χ1) is 13.9. The van der Waals surface area contributed by atoms with Gasteiger partial charge in [0.05, 0.1) is 18.6 Å². The van der Waals surface area contributed by atoms with Gasteiger partial charge in [-0.05, 0) is 42.3 Å². The molecule has 29 heavy (non-hydrogen) atoms. The topological polar surface area (TPSA) is 87.7 Å². The number of nitrogens with zero attached hydrogens (tertiary/aromatic N) is 1. The van der Waals surface area contributed by atoms with Crippen LogP contribution in [0.5, 0.6) is 5.75 Å². The van der Waals surface area contributed by atoms with E-state index in [0.717, 1.165) is 12.1 Å². The summed E-state index contributed by atoms with van der Waals surface area (Å²) in [4.78, 5) is 38.8. The molecule has 1 saturated heterocycles. The number of nitrogens with one attached hydrogen (secondary N) is 2. The largest absolute Gasteiger partial charge is 0.496 e. The van der Waals surface area contributed by atoms with Crippen molar-refractivity contribution in [1.82, 2.24) is 10.9 Å². The lowest BCUT2D eigenvalue weighted by Crippen LogP contribution is -2.45. The van der Waals surface area contributed by atoms with Gasteiger partial charge >= 0.3 is 0 Å². The Morgan fingerprint density at radius 3 is 2.55 bits per heavy atom. The average molecular weight is 416 g/mol. The quantitative estimate of drug-likeness (QED) is 0.735. The van der Waals surface area contributed by atoms with Crippen LogP contribution in [0, 0.1) is 5.92 Å². The number of anilines is 1. The summed E-state index contributed by atoms with van der Waals surface area (Å²) in [5.74, 6) is -1.35. The molecule has 152 valence electrons. The van der Waals surface area contributed by atoms with Crippen molar-refractivity contribution < 1.29 is 19.1 Å². The zero-order valence-electron chi connectivity index (χ0n) is 16.2. The zero-order valence-corrected chi connectivity index (χ0v) is 17.0. The molecular formula is C21H22ClN3O4. The number of hydrogen-bond acceptors (Lipinski definition) is 4. The molecule has 3 amide bonds. The molecule has 0 saturated carbocycles.